The molecule has 1 saturated heterocycles. The lowest BCUT2D eigenvalue weighted by Crippen LogP contribution is -2.37. The SMILES string of the molecule is COCC(=O)N1CCCN(CC[C@H](C)c2ccccc2)CC1. The third-order valence-corrected chi connectivity index (χ3v) is 4.46. The van der Waals surface area contributed by atoms with Gasteiger partial charge >= 0.3 is 0 Å². The van der Waals surface area contributed by atoms with Crippen molar-refractivity contribution in [1.29, 1.82) is 0 Å². The predicted molar refractivity (Wildman–Crippen MR) is 89.0 cm³/mol. The van der Waals surface area contributed by atoms with Gasteiger partial charge in [-0.05, 0) is 37.4 Å². The largest absolute Gasteiger partial charge is 0.375 e. The standard InChI is InChI=1S/C18H28N2O2/c1-16(17-7-4-3-5-8-17)9-12-19-10-6-11-20(14-13-19)18(21)15-22-2/h3-5,7-8,16H,6,9-15H2,1-2H3/t16-/m0/s1. The average Bonchev–Trinajstić information content (AvgIpc) is 2.79. The number of carbonyl (C=O) groups is 1. The highest BCUT2D eigenvalue weighted by atomic mass is 16.5. The number of hydrogen-bond acceptors (Lipinski definition) is 3. The van der Waals surface area contributed by atoms with Gasteiger partial charge in [-0.3, -0.25) is 4.79 Å². The fraction of sp³-hybridized carbons (Fsp3) is 0.611. The van der Waals surface area contributed by atoms with Gasteiger partial charge in [0, 0.05) is 26.7 Å². The summed E-state index contributed by atoms with van der Waals surface area (Å²) in [5.74, 6) is 0.692. The third kappa shape index (κ3) is 5.11. The van der Waals surface area contributed by atoms with Crippen LogP contribution in [0.4, 0.5) is 0 Å². The number of ether oxygens (including phenoxy) is 1. The van der Waals surface area contributed by atoms with E-state index in [0.29, 0.717) is 5.92 Å². The molecule has 4 heteroatoms. The van der Waals surface area contributed by atoms with Crippen LogP contribution in [0.25, 0.3) is 0 Å². The van der Waals surface area contributed by atoms with Gasteiger partial charge in [0.25, 0.3) is 0 Å². The summed E-state index contributed by atoms with van der Waals surface area (Å²) in [7, 11) is 1.58. The van der Waals surface area contributed by atoms with E-state index in [4.69, 9.17) is 4.74 Å². The van der Waals surface area contributed by atoms with Crippen LogP contribution in [0.2, 0.25) is 0 Å². The second kappa shape index (κ2) is 8.91. The molecule has 0 unspecified atom stereocenters. The Morgan fingerprint density at radius 1 is 1.18 bits per heavy atom. The van der Waals surface area contributed by atoms with E-state index < -0.39 is 0 Å². The van der Waals surface area contributed by atoms with Crippen molar-refractivity contribution in [3.63, 3.8) is 0 Å². The van der Waals surface area contributed by atoms with Crippen molar-refractivity contribution >= 4 is 5.91 Å². The predicted octanol–water partition coefficient (Wildman–Crippen LogP) is 2.36. The van der Waals surface area contributed by atoms with Crippen LogP contribution in [0.3, 0.4) is 0 Å². The molecule has 0 saturated carbocycles. The Kier molecular flexibility index (Phi) is 6.87. The number of rotatable bonds is 6. The monoisotopic (exact) mass is 304 g/mol. The lowest BCUT2D eigenvalue weighted by molar-refractivity contribution is -0.135. The van der Waals surface area contributed by atoms with Gasteiger partial charge in [-0.2, -0.15) is 0 Å². The number of methoxy groups -OCH3 is 1. The van der Waals surface area contributed by atoms with Gasteiger partial charge in [0.2, 0.25) is 5.91 Å². The molecule has 1 heterocycles. The van der Waals surface area contributed by atoms with Gasteiger partial charge < -0.3 is 14.5 Å². The van der Waals surface area contributed by atoms with Crippen LogP contribution in [0.15, 0.2) is 30.3 Å². The van der Waals surface area contributed by atoms with Gasteiger partial charge in [-0.1, -0.05) is 37.3 Å². The van der Waals surface area contributed by atoms with Crippen molar-refractivity contribution in [2.24, 2.45) is 0 Å². The van der Waals surface area contributed by atoms with Crippen LogP contribution in [0.5, 0.6) is 0 Å². The summed E-state index contributed by atoms with van der Waals surface area (Å²) in [4.78, 5) is 16.3. The molecule has 122 valence electrons. The van der Waals surface area contributed by atoms with Crippen molar-refractivity contribution in [2.75, 3.05) is 46.4 Å². The molecule has 1 aliphatic heterocycles. The molecule has 0 radical (unpaired) electrons. The van der Waals surface area contributed by atoms with Crippen molar-refractivity contribution in [3.05, 3.63) is 35.9 Å². The summed E-state index contributed by atoms with van der Waals surface area (Å²) in [6.07, 6.45) is 2.21. The van der Waals surface area contributed by atoms with Crippen LogP contribution < -0.4 is 0 Å². The average molecular weight is 304 g/mol. The number of hydrogen-bond donors (Lipinski definition) is 0. The van der Waals surface area contributed by atoms with Crippen LogP contribution in [-0.4, -0.2) is 62.1 Å². The molecule has 1 aromatic rings. The highest BCUT2D eigenvalue weighted by Crippen LogP contribution is 2.19. The van der Waals surface area contributed by atoms with E-state index in [1.54, 1.807) is 7.11 Å². The Bertz CT molecular complexity index is 450. The maximum absolute atomic E-state index is 11.9. The summed E-state index contributed by atoms with van der Waals surface area (Å²) < 4.78 is 4.95. The quantitative estimate of drug-likeness (QED) is 0.809. The molecule has 0 aromatic heterocycles. The fourth-order valence-corrected chi connectivity index (χ4v) is 2.98. The first-order chi connectivity index (χ1) is 10.7. The molecule has 22 heavy (non-hydrogen) atoms. The van der Waals surface area contributed by atoms with E-state index >= 15 is 0 Å². The fourth-order valence-electron chi connectivity index (χ4n) is 2.98. The van der Waals surface area contributed by atoms with Crippen molar-refractivity contribution < 1.29 is 9.53 Å². The van der Waals surface area contributed by atoms with Gasteiger partial charge in [-0.15, -0.1) is 0 Å². The number of carbonyl (C=O) groups excluding carboxylic acids is 1. The first-order valence-corrected chi connectivity index (χ1v) is 8.24. The highest BCUT2D eigenvalue weighted by molar-refractivity contribution is 5.77. The Morgan fingerprint density at radius 2 is 1.95 bits per heavy atom. The molecule has 4 nitrogen and oxygen atoms in total. The van der Waals surface area contributed by atoms with Gasteiger partial charge in [0.05, 0.1) is 0 Å². The number of amides is 1. The van der Waals surface area contributed by atoms with Crippen LogP contribution >= 0.6 is 0 Å². The maximum Gasteiger partial charge on any atom is 0.248 e. The first kappa shape index (κ1) is 17.0. The first-order valence-electron chi connectivity index (χ1n) is 8.24. The lowest BCUT2D eigenvalue weighted by Gasteiger charge is -2.23. The molecule has 1 atom stereocenters. The Labute approximate surface area is 134 Å². The van der Waals surface area contributed by atoms with E-state index in [-0.39, 0.29) is 12.5 Å². The molecular weight excluding hydrogens is 276 g/mol. The summed E-state index contributed by atoms with van der Waals surface area (Å²) in [6, 6.07) is 10.7. The molecule has 1 aliphatic rings. The minimum atomic E-state index is 0.113. The second-order valence-corrected chi connectivity index (χ2v) is 6.11. The zero-order valence-corrected chi connectivity index (χ0v) is 13.8. The van der Waals surface area contributed by atoms with E-state index in [0.717, 1.165) is 45.6 Å². The summed E-state index contributed by atoms with van der Waals surface area (Å²) in [5.41, 5.74) is 1.41. The van der Waals surface area contributed by atoms with Gasteiger partial charge in [0.1, 0.15) is 6.61 Å². The third-order valence-electron chi connectivity index (χ3n) is 4.46. The smallest absolute Gasteiger partial charge is 0.248 e. The molecular formula is C18H28N2O2. The van der Waals surface area contributed by atoms with E-state index in [9.17, 15) is 4.79 Å². The molecule has 0 aliphatic carbocycles. The van der Waals surface area contributed by atoms with Crippen molar-refractivity contribution in [2.45, 2.75) is 25.7 Å². The zero-order valence-electron chi connectivity index (χ0n) is 13.8. The van der Waals surface area contributed by atoms with Crippen molar-refractivity contribution in [3.8, 4) is 0 Å². The number of benzene rings is 1. The maximum atomic E-state index is 11.9. The molecule has 0 spiro atoms. The summed E-state index contributed by atoms with van der Waals surface area (Å²) >= 11 is 0. The van der Waals surface area contributed by atoms with E-state index in [1.807, 2.05) is 4.90 Å². The van der Waals surface area contributed by atoms with Gasteiger partial charge in [0.15, 0.2) is 0 Å². The van der Waals surface area contributed by atoms with E-state index in [2.05, 4.69) is 42.2 Å². The summed E-state index contributed by atoms with van der Waals surface area (Å²) in [5, 5.41) is 0. The highest BCUT2D eigenvalue weighted by Gasteiger charge is 2.19. The topological polar surface area (TPSA) is 32.8 Å². The molecule has 0 N–H and O–H groups in total. The van der Waals surface area contributed by atoms with Crippen LogP contribution in [0.1, 0.15) is 31.2 Å². The molecule has 2 rings (SSSR count). The second-order valence-electron chi connectivity index (χ2n) is 6.11. The lowest BCUT2D eigenvalue weighted by atomic mass is 9.98. The molecule has 1 fully saturated rings. The Hall–Kier alpha value is -1.39. The van der Waals surface area contributed by atoms with Gasteiger partial charge in [-0.25, -0.2) is 0 Å². The van der Waals surface area contributed by atoms with Crippen LogP contribution in [0, 0.1) is 0 Å². The van der Waals surface area contributed by atoms with E-state index in [1.165, 1.54) is 5.56 Å². The van der Waals surface area contributed by atoms with Crippen molar-refractivity contribution in [1.82, 2.24) is 9.80 Å². The Balaban J connectivity index is 1.76. The summed E-state index contributed by atoms with van der Waals surface area (Å²) in [6.45, 7) is 7.32. The minimum absolute atomic E-state index is 0.113. The van der Waals surface area contributed by atoms with Crippen LogP contribution in [-0.2, 0) is 9.53 Å². The molecule has 1 amide bonds. The zero-order chi connectivity index (χ0) is 15.8. The molecule has 0 bridgehead atoms. The number of nitrogens with zero attached hydrogens (tertiary/aromatic N) is 2. The normalized spacial score (nSPS) is 18.0. The Morgan fingerprint density at radius 3 is 2.68 bits per heavy atom. The minimum Gasteiger partial charge on any atom is -0.375 e. The molecule has 1 aromatic carbocycles.